The predicted octanol–water partition coefficient (Wildman–Crippen LogP) is 4.01. The summed E-state index contributed by atoms with van der Waals surface area (Å²) in [6.07, 6.45) is 0. The third kappa shape index (κ3) is 4.54. The number of halogens is 1. The van der Waals surface area contributed by atoms with Crippen LogP contribution >= 0.6 is 22.9 Å². The number of anilines is 1. The molecule has 1 amide bonds. The average molecular weight is 422 g/mol. The molecule has 2 aromatic carbocycles. The van der Waals surface area contributed by atoms with Crippen molar-refractivity contribution >= 4 is 44.0 Å². The Labute approximate surface area is 166 Å². The van der Waals surface area contributed by atoms with Crippen molar-refractivity contribution in [2.75, 3.05) is 11.9 Å². The van der Waals surface area contributed by atoms with Gasteiger partial charge in [0.05, 0.1) is 10.6 Å². The number of hydrogen-bond donors (Lipinski definition) is 2. The first-order valence-corrected chi connectivity index (χ1v) is 10.8. The Morgan fingerprint density at radius 2 is 1.96 bits per heavy atom. The molecule has 0 aliphatic carbocycles. The van der Waals surface area contributed by atoms with E-state index in [1.165, 1.54) is 29.5 Å². The number of hydrogen-bond acceptors (Lipinski definition) is 5. The van der Waals surface area contributed by atoms with Crippen LogP contribution in [0.4, 0.5) is 5.13 Å². The molecule has 9 heteroatoms. The predicted molar refractivity (Wildman–Crippen MR) is 108 cm³/mol. The summed E-state index contributed by atoms with van der Waals surface area (Å²) in [6, 6.07) is 13.1. The standard InChI is InChI=1S/C18H16ClN3O3S2/c1-2-20-27(24,25)13-7-5-6-12(10-13)17(23)22-18-21-16(11-26-18)14-8-3-4-9-15(14)19/h3-11,20H,2H2,1H3,(H,21,22,23). The average Bonchev–Trinajstić information content (AvgIpc) is 3.10. The van der Waals surface area contributed by atoms with Crippen LogP contribution in [0.15, 0.2) is 58.8 Å². The second-order valence-electron chi connectivity index (χ2n) is 5.50. The van der Waals surface area contributed by atoms with E-state index in [2.05, 4.69) is 15.0 Å². The highest BCUT2D eigenvalue weighted by Gasteiger charge is 2.16. The van der Waals surface area contributed by atoms with E-state index in [0.717, 1.165) is 5.56 Å². The largest absolute Gasteiger partial charge is 0.298 e. The van der Waals surface area contributed by atoms with Gasteiger partial charge < -0.3 is 0 Å². The minimum absolute atomic E-state index is 0.0351. The lowest BCUT2D eigenvalue weighted by atomic mass is 10.2. The van der Waals surface area contributed by atoms with E-state index in [0.29, 0.717) is 15.8 Å². The summed E-state index contributed by atoms with van der Waals surface area (Å²) in [4.78, 5) is 16.9. The highest BCUT2D eigenvalue weighted by molar-refractivity contribution is 7.89. The summed E-state index contributed by atoms with van der Waals surface area (Å²) in [6.45, 7) is 1.95. The van der Waals surface area contributed by atoms with Crippen LogP contribution < -0.4 is 10.0 Å². The summed E-state index contributed by atoms with van der Waals surface area (Å²) in [5.41, 5.74) is 1.66. The lowest BCUT2D eigenvalue weighted by molar-refractivity contribution is 0.102. The molecule has 1 aromatic heterocycles. The maximum absolute atomic E-state index is 12.5. The van der Waals surface area contributed by atoms with E-state index < -0.39 is 15.9 Å². The van der Waals surface area contributed by atoms with Crippen molar-refractivity contribution in [3.63, 3.8) is 0 Å². The maximum atomic E-state index is 12.5. The molecule has 0 radical (unpaired) electrons. The molecule has 0 saturated carbocycles. The van der Waals surface area contributed by atoms with Crippen molar-refractivity contribution in [1.82, 2.24) is 9.71 Å². The van der Waals surface area contributed by atoms with Gasteiger partial charge >= 0.3 is 0 Å². The molecule has 0 aliphatic rings. The quantitative estimate of drug-likeness (QED) is 0.629. The summed E-state index contributed by atoms with van der Waals surface area (Å²) in [5.74, 6) is -0.441. The number of carbonyl (C=O) groups excluding carboxylic acids is 1. The van der Waals surface area contributed by atoms with Crippen molar-refractivity contribution in [2.24, 2.45) is 0 Å². The van der Waals surface area contributed by atoms with Crippen molar-refractivity contribution in [1.29, 1.82) is 0 Å². The van der Waals surface area contributed by atoms with Crippen LogP contribution in [0.5, 0.6) is 0 Å². The number of carbonyl (C=O) groups is 1. The Balaban J connectivity index is 1.80. The molecule has 1 heterocycles. The molecule has 6 nitrogen and oxygen atoms in total. The zero-order chi connectivity index (χ0) is 19.4. The molecule has 2 N–H and O–H groups in total. The molecule has 0 atom stereocenters. The Morgan fingerprint density at radius 3 is 2.70 bits per heavy atom. The third-order valence-corrected chi connectivity index (χ3v) is 6.25. The van der Waals surface area contributed by atoms with Gasteiger partial charge in [0, 0.05) is 28.1 Å². The van der Waals surface area contributed by atoms with Gasteiger partial charge in [0.15, 0.2) is 5.13 Å². The summed E-state index contributed by atoms with van der Waals surface area (Å²) in [7, 11) is -3.63. The van der Waals surface area contributed by atoms with E-state index in [4.69, 9.17) is 11.6 Å². The fraction of sp³-hybridized carbons (Fsp3) is 0.111. The second kappa shape index (κ2) is 8.18. The molecule has 0 saturated heterocycles. The van der Waals surface area contributed by atoms with Crippen molar-refractivity contribution in [3.05, 3.63) is 64.5 Å². The molecule has 3 aromatic rings. The highest BCUT2D eigenvalue weighted by Crippen LogP contribution is 2.30. The molecule has 140 valence electrons. The monoisotopic (exact) mass is 421 g/mol. The lowest BCUT2D eigenvalue weighted by Gasteiger charge is -2.07. The number of sulfonamides is 1. The van der Waals surface area contributed by atoms with Crippen molar-refractivity contribution in [2.45, 2.75) is 11.8 Å². The van der Waals surface area contributed by atoms with Gasteiger partial charge in [-0.2, -0.15) is 0 Å². The smallest absolute Gasteiger partial charge is 0.257 e. The normalized spacial score (nSPS) is 11.3. The SMILES string of the molecule is CCNS(=O)(=O)c1cccc(C(=O)Nc2nc(-c3ccccc3Cl)cs2)c1. The van der Waals surface area contributed by atoms with Gasteiger partial charge in [-0.15, -0.1) is 11.3 Å². The second-order valence-corrected chi connectivity index (χ2v) is 8.53. The van der Waals surface area contributed by atoms with E-state index >= 15 is 0 Å². The zero-order valence-corrected chi connectivity index (χ0v) is 16.7. The number of aromatic nitrogens is 1. The van der Waals surface area contributed by atoms with Gasteiger partial charge in [-0.05, 0) is 24.3 Å². The van der Waals surface area contributed by atoms with Crippen LogP contribution in [0.2, 0.25) is 5.02 Å². The van der Waals surface area contributed by atoms with E-state index in [9.17, 15) is 13.2 Å². The number of benzene rings is 2. The van der Waals surface area contributed by atoms with Crippen LogP contribution in [0, 0.1) is 0 Å². The first kappa shape index (κ1) is 19.5. The fourth-order valence-electron chi connectivity index (χ4n) is 2.37. The Morgan fingerprint density at radius 1 is 1.19 bits per heavy atom. The third-order valence-electron chi connectivity index (χ3n) is 3.62. The van der Waals surface area contributed by atoms with Crippen molar-refractivity contribution < 1.29 is 13.2 Å². The molecule has 27 heavy (non-hydrogen) atoms. The zero-order valence-electron chi connectivity index (χ0n) is 14.3. The number of thiazole rings is 1. The topological polar surface area (TPSA) is 88.2 Å². The highest BCUT2D eigenvalue weighted by atomic mass is 35.5. The van der Waals surface area contributed by atoms with E-state index in [1.54, 1.807) is 24.4 Å². The summed E-state index contributed by atoms with van der Waals surface area (Å²) < 4.78 is 26.6. The van der Waals surface area contributed by atoms with Crippen LogP contribution in [0.1, 0.15) is 17.3 Å². The number of nitrogens with one attached hydrogen (secondary N) is 2. The van der Waals surface area contributed by atoms with Gasteiger partial charge in [0.25, 0.3) is 5.91 Å². The number of rotatable bonds is 6. The Bertz CT molecular complexity index is 1080. The minimum atomic E-state index is -3.63. The van der Waals surface area contributed by atoms with Crippen molar-refractivity contribution in [3.8, 4) is 11.3 Å². The number of nitrogens with zero attached hydrogens (tertiary/aromatic N) is 1. The lowest BCUT2D eigenvalue weighted by Crippen LogP contribution is -2.23. The maximum Gasteiger partial charge on any atom is 0.257 e. The Hall–Kier alpha value is -2.26. The fourth-order valence-corrected chi connectivity index (χ4v) is 4.40. The number of amides is 1. The van der Waals surface area contributed by atoms with Crippen LogP contribution in [0.3, 0.4) is 0 Å². The van der Waals surface area contributed by atoms with Gasteiger partial charge in [-0.1, -0.05) is 42.8 Å². The molecule has 0 bridgehead atoms. The molecule has 3 rings (SSSR count). The molecule has 0 fully saturated rings. The Kier molecular flexibility index (Phi) is 5.91. The van der Waals surface area contributed by atoms with E-state index in [-0.39, 0.29) is 17.0 Å². The van der Waals surface area contributed by atoms with Crippen LogP contribution in [-0.2, 0) is 10.0 Å². The van der Waals surface area contributed by atoms with Gasteiger partial charge in [0.2, 0.25) is 10.0 Å². The molecule has 0 unspecified atom stereocenters. The van der Waals surface area contributed by atoms with Crippen LogP contribution in [0.25, 0.3) is 11.3 Å². The van der Waals surface area contributed by atoms with Crippen LogP contribution in [-0.4, -0.2) is 25.9 Å². The van der Waals surface area contributed by atoms with Gasteiger partial charge in [-0.25, -0.2) is 18.1 Å². The molecule has 0 aliphatic heterocycles. The first-order valence-electron chi connectivity index (χ1n) is 8.02. The first-order chi connectivity index (χ1) is 12.9. The van der Waals surface area contributed by atoms with Gasteiger partial charge in [-0.3, -0.25) is 10.1 Å². The summed E-state index contributed by atoms with van der Waals surface area (Å²) >= 11 is 7.43. The van der Waals surface area contributed by atoms with E-state index in [1.807, 2.05) is 18.2 Å². The summed E-state index contributed by atoms with van der Waals surface area (Å²) in [5, 5.41) is 5.45. The minimum Gasteiger partial charge on any atom is -0.298 e. The molecular weight excluding hydrogens is 406 g/mol. The molecule has 0 spiro atoms. The van der Waals surface area contributed by atoms with Gasteiger partial charge in [0.1, 0.15) is 0 Å². The molecular formula is C18H16ClN3O3S2.